The zero-order valence-corrected chi connectivity index (χ0v) is 16.2. The number of hydrogen-bond donors (Lipinski definition) is 3. The molecule has 1 heterocycles. The smallest absolute Gasteiger partial charge is 0.326 e. The standard InChI is InChI=1S/C19H32N4O4/c1-2-3-4-5-6-7-8-9-18(25)23-13-15(21-14-23)12-16(19(26)27)22-17(24)10-11-20/h13-14,16H,2-12,20H2,1H3,(H,22,24)(H,26,27). The van der Waals surface area contributed by atoms with Crippen LogP contribution >= 0.6 is 0 Å². The highest BCUT2D eigenvalue weighted by Crippen LogP contribution is 2.10. The van der Waals surface area contributed by atoms with Crippen molar-refractivity contribution in [2.45, 2.75) is 77.2 Å². The maximum absolute atomic E-state index is 12.2. The predicted molar refractivity (Wildman–Crippen MR) is 102 cm³/mol. The number of carbonyl (C=O) groups is 3. The Morgan fingerprint density at radius 1 is 1.15 bits per heavy atom. The molecule has 1 aromatic heterocycles. The van der Waals surface area contributed by atoms with Gasteiger partial charge in [-0.1, -0.05) is 45.4 Å². The molecular formula is C19H32N4O4. The van der Waals surface area contributed by atoms with E-state index >= 15 is 0 Å². The van der Waals surface area contributed by atoms with Gasteiger partial charge in [0.25, 0.3) is 0 Å². The first-order valence-corrected chi connectivity index (χ1v) is 9.76. The second-order valence-electron chi connectivity index (χ2n) is 6.74. The van der Waals surface area contributed by atoms with Gasteiger partial charge in [0, 0.05) is 32.0 Å². The van der Waals surface area contributed by atoms with Crippen molar-refractivity contribution in [3.8, 4) is 0 Å². The highest BCUT2D eigenvalue weighted by atomic mass is 16.4. The Morgan fingerprint density at radius 3 is 2.44 bits per heavy atom. The summed E-state index contributed by atoms with van der Waals surface area (Å²) in [5.74, 6) is -1.62. The lowest BCUT2D eigenvalue weighted by Crippen LogP contribution is -2.42. The van der Waals surface area contributed by atoms with Gasteiger partial charge >= 0.3 is 5.97 Å². The molecule has 1 unspecified atom stereocenters. The van der Waals surface area contributed by atoms with Crippen LogP contribution in [0.4, 0.5) is 0 Å². The summed E-state index contributed by atoms with van der Waals surface area (Å²) in [6, 6.07) is -1.09. The summed E-state index contributed by atoms with van der Waals surface area (Å²) in [5.41, 5.74) is 5.74. The van der Waals surface area contributed by atoms with Crippen molar-refractivity contribution in [2.24, 2.45) is 5.73 Å². The van der Waals surface area contributed by atoms with Crippen molar-refractivity contribution in [3.63, 3.8) is 0 Å². The van der Waals surface area contributed by atoms with E-state index in [1.165, 1.54) is 42.8 Å². The molecule has 8 heteroatoms. The molecular weight excluding hydrogens is 348 g/mol. The number of hydrogen-bond acceptors (Lipinski definition) is 5. The van der Waals surface area contributed by atoms with Crippen molar-refractivity contribution < 1.29 is 19.5 Å². The van der Waals surface area contributed by atoms with E-state index in [9.17, 15) is 19.5 Å². The van der Waals surface area contributed by atoms with Crippen LogP contribution in [-0.2, 0) is 16.0 Å². The van der Waals surface area contributed by atoms with Gasteiger partial charge in [-0.2, -0.15) is 0 Å². The van der Waals surface area contributed by atoms with Gasteiger partial charge in [0.1, 0.15) is 12.4 Å². The highest BCUT2D eigenvalue weighted by molar-refractivity contribution is 5.83. The molecule has 0 saturated carbocycles. The Hall–Kier alpha value is -2.22. The summed E-state index contributed by atoms with van der Waals surface area (Å²) in [6.07, 6.45) is 11.4. The quantitative estimate of drug-likeness (QED) is 0.424. The summed E-state index contributed by atoms with van der Waals surface area (Å²) >= 11 is 0. The van der Waals surface area contributed by atoms with Crippen LogP contribution in [0.15, 0.2) is 12.5 Å². The average molecular weight is 380 g/mol. The number of nitrogens with one attached hydrogen (secondary N) is 1. The first-order chi connectivity index (χ1) is 13.0. The zero-order valence-electron chi connectivity index (χ0n) is 16.2. The lowest BCUT2D eigenvalue weighted by molar-refractivity contribution is -0.141. The molecule has 4 N–H and O–H groups in total. The number of rotatable bonds is 14. The fourth-order valence-electron chi connectivity index (χ4n) is 2.77. The van der Waals surface area contributed by atoms with Crippen LogP contribution in [0, 0.1) is 0 Å². The summed E-state index contributed by atoms with van der Waals surface area (Å²) in [6.45, 7) is 2.34. The maximum atomic E-state index is 12.2. The maximum Gasteiger partial charge on any atom is 0.326 e. The summed E-state index contributed by atoms with van der Waals surface area (Å²) in [5, 5.41) is 11.7. The number of carboxylic acid groups (broad SMARTS) is 1. The third-order valence-electron chi connectivity index (χ3n) is 4.34. The number of aliphatic carboxylic acids is 1. The lowest BCUT2D eigenvalue weighted by Gasteiger charge is -2.12. The van der Waals surface area contributed by atoms with E-state index in [2.05, 4.69) is 17.2 Å². The molecule has 0 aliphatic rings. The predicted octanol–water partition coefficient (Wildman–Crippen LogP) is 2.12. The lowest BCUT2D eigenvalue weighted by atomic mass is 10.1. The Morgan fingerprint density at radius 2 is 1.81 bits per heavy atom. The van der Waals surface area contributed by atoms with Crippen molar-refractivity contribution in [1.29, 1.82) is 0 Å². The van der Waals surface area contributed by atoms with Gasteiger partial charge in [-0.15, -0.1) is 0 Å². The van der Waals surface area contributed by atoms with Crippen LogP contribution in [0.2, 0.25) is 0 Å². The van der Waals surface area contributed by atoms with Crippen LogP contribution in [-0.4, -0.2) is 45.0 Å². The van der Waals surface area contributed by atoms with Gasteiger partial charge in [-0.3, -0.25) is 14.2 Å². The fourth-order valence-corrected chi connectivity index (χ4v) is 2.77. The molecule has 152 valence electrons. The molecule has 0 bridgehead atoms. The van der Waals surface area contributed by atoms with E-state index in [1.807, 2.05) is 0 Å². The van der Waals surface area contributed by atoms with Gasteiger partial charge in [-0.05, 0) is 6.42 Å². The number of aromatic nitrogens is 2. The van der Waals surface area contributed by atoms with E-state index in [0.29, 0.717) is 12.1 Å². The normalized spacial score (nSPS) is 11.9. The molecule has 0 radical (unpaired) electrons. The fraction of sp³-hybridized carbons (Fsp3) is 0.684. The van der Waals surface area contributed by atoms with E-state index in [0.717, 1.165) is 19.3 Å². The molecule has 1 aromatic rings. The SMILES string of the molecule is CCCCCCCCCC(=O)n1cnc(CC(NC(=O)CCN)C(=O)O)c1. The third kappa shape index (κ3) is 9.33. The van der Waals surface area contributed by atoms with Crippen molar-refractivity contribution >= 4 is 17.8 Å². The van der Waals surface area contributed by atoms with Crippen molar-refractivity contribution in [2.75, 3.05) is 6.54 Å². The van der Waals surface area contributed by atoms with Gasteiger partial charge < -0.3 is 16.2 Å². The van der Waals surface area contributed by atoms with Crippen LogP contribution in [0.25, 0.3) is 0 Å². The van der Waals surface area contributed by atoms with Gasteiger partial charge in [-0.25, -0.2) is 9.78 Å². The number of carboxylic acids is 1. The van der Waals surface area contributed by atoms with Gasteiger partial charge in [0.05, 0.1) is 5.69 Å². The molecule has 0 saturated heterocycles. The molecule has 8 nitrogen and oxygen atoms in total. The van der Waals surface area contributed by atoms with Gasteiger partial charge in [0.2, 0.25) is 11.8 Å². The van der Waals surface area contributed by atoms with Crippen LogP contribution < -0.4 is 11.1 Å². The summed E-state index contributed by atoms with van der Waals surface area (Å²) in [4.78, 5) is 39.2. The minimum Gasteiger partial charge on any atom is -0.480 e. The molecule has 0 aliphatic carbocycles. The zero-order chi connectivity index (χ0) is 20.1. The Balaban J connectivity index is 2.42. The molecule has 1 atom stereocenters. The molecule has 1 rings (SSSR count). The number of carbonyl (C=O) groups excluding carboxylic acids is 2. The van der Waals surface area contributed by atoms with E-state index in [-0.39, 0.29) is 25.3 Å². The molecule has 0 fully saturated rings. The first-order valence-electron chi connectivity index (χ1n) is 9.76. The Bertz CT molecular complexity index is 600. The van der Waals surface area contributed by atoms with Gasteiger partial charge in [0.15, 0.2) is 0 Å². The number of nitrogens with two attached hydrogens (primary N) is 1. The Kier molecular flexibility index (Phi) is 11.0. The molecule has 0 aromatic carbocycles. The number of unbranched alkanes of at least 4 members (excludes halogenated alkanes) is 6. The first kappa shape index (κ1) is 22.8. The van der Waals surface area contributed by atoms with Crippen LogP contribution in [0.1, 0.15) is 75.2 Å². The molecule has 0 aliphatic heterocycles. The minimum atomic E-state index is -1.15. The molecule has 1 amide bonds. The van der Waals surface area contributed by atoms with Crippen molar-refractivity contribution in [3.05, 3.63) is 18.2 Å². The summed E-state index contributed by atoms with van der Waals surface area (Å²) < 4.78 is 1.40. The number of amides is 1. The highest BCUT2D eigenvalue weighted by Gasteiger charge is 2.21. The Labute approximate surface area is 160 Å². The summed E-state index contributed by atoms with van der Waals surface area (Å²) in [7, 11) is 0. The van der Waals surface area contributed by atoms with E-state index < -0.39 is 17.9 Å². The molecule has 27 heavy (non-hydrogen) atoms. The minimum absolute atomic E-state index is 0.0172. The topological polar surface area (TPSA) is 127 Å². The van der Waals surface area contributed by atoms with E-state index in [4.69, 9.17) is 5.73 Å². The monoisotopic (exact) mass is 380 g/mol. The van der Waals surface area contributed by atoms with E-state index in [1.54, 1.807) is 0 Å². The van der Waals surface area contributed by atoms with Crippen molar-refractivity contribution in [1.82, 2.24) is 14.9 Å². The largest absolute Gasteiger partial charge is 0.480 e. The number of imidazole rings is 1. The molecule has 0 spiro atoms. The average Bonchev–Trinajstić information content (AvgIpc) is 3.09. The van der Waals surface area contributed by atoms with Crippen LogP contribution in [0.3, 0.4) is 0 Å². The number of nitrogens with zero attached hydrogens (tertiary/aromatic N) is 2. The van der Waals surface area contributed by atoms with Crippen LogP contribution in [0.5, 0.6) is 0 Å². The second-order valence-corrected chi connectivity index (χ2v) is 6.74. The third-order valence-corrected chi connectivity index (χ3v) is 4.34. The second kappa shape index (κ2) is 13.0.